The fourth-order valence-electron chi connectivity index (χ4n) is 3.38. The van der Waals surface area contributed by atoms with E-state index in [-0.39, 0.29) is 5.82 Å². The Bertz CT molecular complexity index is 917. The lowest BCUT2D eigenvalue weighted by Gasteiger charge is -2.32. The van der Waals surface area contributed by atoms with E-state index in [2.05, 4.69) is 19.9 Å². The molecule has 1 N–H and O–H groups in total. The number of piperidine rings is 1. The number of aromatic amines is 1. The maximum atomic E-state index is 12.7. The van der Waals surface area contributed by atoms with Crippen molar-refractivity contribution in [2.75, 3.05) is 24.6 Å². The van der Waals surface area contributed by atoms with Crippen LogP contribution in [0.4, 0.5) is 19.0 Å². The summed E-state index contributed by atoms with van der Waals surface area (Å²) in [6, 6.07) is 13.4. The molecule has 0 saturated carbocycles. The third kappa shape index (κ3) is 4.70. The van der Waals surface area contributed by atoms with Crippen molar-refractivity contribution in [2.24, 2.45) is 5.92 Å². The van der Waals surface area contributed by atoms with E-state index in [1.165, 1.54) is 0 Å². The average molecular weight is 402 g/mol. The highest BCUT2D eigenvalue weighted by Gasteiger charge is 2.33. The van der Waals surface area contributed by atoms with E-state index in [0.29, 0.717) is 18.1 Å². The van der Waals surface area contributed by atoms with Crippen LogP contribution in [0, 0.1) is 5.92 Å². The molecule has 0 radical (unpaired) electrons. The number of hydrogen-bond acceptors (Lipinski definition) is 4. The van der Waals surface area contributed by atoms with Crippen LogP contribution in [0.3, 0.4) is 0 Å². The largest absolute Gasteiger partial charge is 0.493 e. The summed E-state index contributed by atoms with van der Waals surface area (Å²) in [5, 5.41) is 0. The number of nitrogens with one attached hydrogen (secondary N) is 1. The van der Waals surface area contributed by atoms with Gasteiger partial charge in [0.15, 0.2) is 0 Å². The van der Waals surface area contributed by atoms with Gasteiger partial charge in [-0.05, 0) is 43.0 Å². The number of pyridine rings is 1. The molecule has 1 aliphatic rings. The lowest BCUT2D eigenvalue weighted by atomic mass is 9.98. The fraction of sp³-hybridized carbons (Fsp3) is 0.333. The molecule has 3 aromatic rings. The molecule has 1 saturated heterocycles. The van der Waals surface area contributed by atoms with Crippen molar-refractivity contribution < 1.29 is 17.9 Å². The number of imidazole rings is 1. The maximum absolute atomic E-state index is 12.7. The molecule has 0 atom stereocenters. The lowest BCUT2D eigenvalue weighted by Crippen LogP contribution is -2.36. The number of nitrogens with zero attached hydrogens (tertiary/aromatic N) is 3. The van der Waals surface area contributed by atoms with Crippen LogP contribution in [0.1, 0.15) is 18.5 Å². The Labute approximate surface area is 166 Å². The molecule has 1 fully saturated rings. The summed E-state index contributed by atoms with van der Waals surface area (Å²) in [4.78, 5) is 12.7. The minimum absolute atomic E-state index is 0.160. The lowest BCUT2D eigenvalue weighted by molar-refractivity contribution is -0.140. The van der Waals surface area contributed by atoms with Gasteiger partial charge < -0.3 is 14.6 Å². The molecule has 0 aliphatic carbocycles. The normalized spacial score (nSPS) is 15.5. The van der Waals surface area contributed by atoms with Crippen molar-refractivity contribution in [3.63, 3.8) is 0 Å². The Kier molecular flexibility index (Phi) is 5.42. The minimum atomic E-state index is -4.44. The quantitative estimate of drug-likeness (QED) is 0.667. The molecule has 0 spiro atoms. The number of aromatic nitrogens is 3. The molecular weight excluding hydrogens is 381 g/mol. The first-order valence-corrected chi connectivity index (χ1v) is 9.50. The van der Waals surface area contributed by atoms with Crippen LogP contribution in [0.5, 0.6) is 5.75 Å². The van der Waals surface area contributed by atoms with E-state index in [1.54, 1.807) is 12.3 Å². The molecule has 5 nitrogen and oxygen atoms in total. The van der Waals surface area contributed by atoms with Gasteiger partial charge in [-0.15, -0.1) is 0 Å². The van der Waals surface area contributed by atoms with Crippen molar-refractivity contribution in [1.29, 1.82) is 0 Å². The molecule has 0 bridgehead atoms. The van der Waals surface area contributed by atoms with E-state index >= 15 is 0 Å². The summed E-state index contributed by atoms with van der Waals surface area (Å²) in [6.07, 6.45) is -0.0789. The van der Waals surface area contributed by atoms with E-state index in [0.717, 1.165) is 43.7 Å². The highest BCUT2D eigenvalue weighted by molar-refractivity contribution is 5.57. The number of halogens is 3. The monoisotopic (exact) mass is 402 g/mol. The van der Waals surface area contributed by atoms with Crippen molar-refractivity contribution in [2.45, 2.75) is 19.0 Å². The molecule has 0 unspecified atom stereocenters. The Morgan fingerprint density at radius 3 is 2.38 bits per heavy atom. The number of hydrogen-bond donors (Lipinski definition) is 1. The van der Waals surface area contributed by atoms with E-state index < -0.39 is 11.9 Å². The summed E-state index contributed by atoms with van der Waals surface area (Å²) in [5.41, 5.74) is -0.341. The predicted molar refractivity (Wildman–Crippen MR) is 104 cm³/mol. The van der Waals surface area contributed by atoms with Gasteiger partial charge in [-0.1, -0.05) is 18.2 Å². The summed E-state index contributed by atoms with van der Waals surface area (Å²) in [7, 11) is 0. The van der Waals surface area contributed by atoms with Crippen LogP contribution in [0.15, 0.2) is 54.9 Å². The molecule has 29 heavy (non-hydrogen) atoms. The van der Waals surface area contributed by atoms with Gasteiger partial charge in [0, 0.05) is 24.8 Å². The smallest absolute Gasteiger partial charge is 0.432 e. The molecule has 1 aromatic carbocycles. The standard InChI is InChI=1S/C21H21F3N4O/c22-21(23,24)18-13-26-20(27-18)16-6-7-19(25-12-16)28-10-8-15(9-11-28)14-29-17-4-2-1-3-5-17/h1-7,12-13,15H,8-11,14H2,(H,26,27). The highest BCUT2D eigenvalue weighted by Crippen LogP contribution is 2.30. The molecule has 0 amide bonds. The first kappa shape index (κ1) is 19.3. The van der Waals surface area contributed by atoms with Crippen molar-refractivity contribution in [3.05, 3.63) is 60.6 Å². The predicted octanol–water partition coefficient (Wildman–Crippen LogP) is 4.79. The number of H-pyrrole nitrogens is 1. The van der Waals surface area contributed by atoms with Gasteiger partial charge in [0.25, 0.3) is 0 Å². The van der Waals surface area contributed by atoms with Crippen molar-refractivity contribution in [1.82, 2.24) is 15.0 Å². The van der Waals surface area contributed by atoms with Gasteiger partial charge in [-0.2, -0.15) is 13.2 Å². The van der Waals surface area contributed by atoms with Crippen LogP contribution >= 0.6 is 0 Å². The summed E-state index contributed by atoms with van der Waals surface area (Å²) < 4.78 is 44.0. The maximum Gasteiger partial charge on any atom is 0.432 e. The summed E-state index contributed by atoms with van der Waals surface area (Å²) >= 11 is 0. The zero-order valence-corrected chi connectivity index (χ0v) is 15.7. The molecular formula is C21H21F3N4O. The van der Waals surface area contributed by atoms with E-state index in [1.807, 2.05) is 36.4 Å². The molecule has 8 heteroatoms. The van der Waals surface area contributed by atoms with Crippen LogP contribution < -0.4 is 9.64 Å². The number of rotatable bonds is 5. The number of benzene rings is 1. The minimum Gasteiger partial charge on any atom is -0.493 e. The van der Waals surface area contributed by atoms with Gasteiger partial charge in [0.2, 0.25) is 0 Å². The van der Waals surface area contributed by atoms with Gasteiger partial charge in [0.05, 0.1) is 12.8 Å². The first-order chi connectivity index (χ1) is 14.0. The third-order valence-corrected chi connectivity index (χ3v) is 5.07. The Morgan fingerprint density at radius 2 is 1.76 bits per heavy atom. The van der Waals surface area contributed by atoms with Gasteiger partial charge in [-0.25, -0.2) is 9.97 Å². The van der Waals surface area contributed by atoms with Crippen LogP contribution in [0.25, 0.3) is 11.4 Å². The Morgan fingerprint density at radius 1 is 1.00 bits per heavy atom. The van der Waals surface area contributed by atoms with Crippen LogP contribution in [-0.4, -0.2) is 34.6 Å². The second-order valence-electron chi connectivity index (χ2n) is 7.10. The van der Waals surface area contributed by atoms with Gasteiger partial charge in [0.1, 0.15) is 23.1 Å². The van der Waals surface area contributed by atoms with Gasteiger partial charge >= 0.3 is 6.18 Å². The van der Waals surface area contributed by atoms with Crippen molar-refractivity contribution in [3.8, 4) is 17.1 Å². The van der Waals surface area contributed by atoms with Gasteiger partial charge in [-0.3, -0.25) is 0 Å². The summed E-state index contributed by atoms with van der Waals surface area (Å²) in [5.74, 6) is 2.36. The zero-order valence-electron chi connectivity index (χ0n) is 15.7. The van der Waals surface area contributed by atoms with Crippen LogP contribution in [0.2, 0.25) is 0 Å². The number of alkyl halides is 3. The number of anilines is 1. The zero-order chi connectivity index (χ0) is 20.3. The summed E-state index contributed by atoms with van der Waals surface area (Å²) in [6.45, 7) is 2.44. The van der Waals surface area contributed by atoms with E-state index in [9.17, 15) is 13.2 Å². The molecule has 2 aromatic heterocycles. The second-order valence-corrected chi connectivity index (χ2v) is 7.10. The Hall–Kier alpha value is -3.03. The van der Waals surface area contributed by atoms with Crippen molar-refractivity contribution >= 4 is 5.82 Å². The molecule has 4 rings (SSSR count). The van der Waals surface area contributed by atoms with E-state index in [4.69, 9.17) is 4.74 Å². The topological polar surface area (TPSA) is 54.0 Å². The van der Waals surface area contributed by atoms with Crippen LogP contribution in [-0.2, 0) is 6.18 Å². The first-order valence-electron chi connectivity index (χ1n) is 9.50. The molecule has 3 heterocycles. The number of para-hydroxylation sites is 1. The third-order valence-electron chi connectivity index (χ3n) is 5.07. The Balaban J connectivity index is 1.31. The molecule has 1 aliphatic heterocycles. The SMILES string of the molecule is FC(F)(F)c1cnc(-c2ccc(N3CCC(COc4ccccc4)CC3)nc2)[nH]1. The highest BCUT2D eigenvalue weighted by atomic mass is 19.4. The molecule has 152 valence electrons. The fourth-order valence-corrected chi connectivity index (χ4v) is 3.38. The average Bonchev–Trinajstić information content (AvgIpc) is 3.25. The second kappa shape index (κ2) is 8.14. The number of ether oxygens (including phenoxy) is 1.